The minimum atomic E-state index is -0.179. The molecule has 2 unspecified atom stereocenters. The monoisotopic (exact) mass is 230 g/mol. The minimum absolute atomic E-state index is 0.179. The predicted octanol–water partition coefficient (Wildman–Crippen LogP) is 1.50. The van der Waals surface area contributed by atoms with Crippen LogP contribution in [0, 0.1) is 11.3 Å². The van der Waals surface area contributed by atoms with Crippen LogP contribution >= 0.6 is 0 Å². The summed E-state index contributed by atoms with van der Waals surface area (Å²) in [7, 11) is 1.67. The number of rotatable bonds is 2. The smallest absolute Gasteiger partial charge is 0.130 e. The Morgan fingerprint density at radius 1 is 1.35 bits per heavy atom. The first-order valence-corrected chi connectivity index (χ1v) is 6.12. The maximum absolute atomic E-state index is 11.0. The Bertz CT molecular complexity index is 545. The van der Waals surface area contributed by atoms with Gasteiger partial charge in [0.05, 0.1) is 12.5 Å². The van der Waals surface area contributed by atoms with Crippen molar-refractivity contribution in [2.75, 3.05) is 7.11 Å². The molecule has 17 heavy (non-hydrogen) atoms. The third-order valence-corrected chi connectivity index (χ3v) is 3.42. The van der Waals surface area contributed by atoms with E-state index in [0.717, 1.165) is 23.7 Å². The van der Waals surface area contributed by atoms with E-state index in [4.69, 9.17) is 4.74 Å². The number of fused-ring (bicyclic) bond motifs is 2. The van der Waals surface area contributed by atoms with E-state index in [-0.39, 0.29) is 5.41 Å². The average molecular weight is 230 g/mol. The van der Waals surface area contributed by atoms with E-state index >= 15 is 0 Å². The molecule has 0 N–H and O–H groups in total. The van der Waals surface area contributed by atoms with Gasteiger partial charge in [0.2, 0.25) is 0 Å². The summed E-state index contributed by atoms with van der Waals surface area (Å²) in [5.41, 5.74) is -0.179. The zero-order valence-corrected chi connectivity index (χ0v) is 10.6. The molecular formula is C15H18O2. The van der Waals surface area contributed by atoms with Crippen LogP contribution in [0.15, 0.2) is 18.2 Å². The minimum Gasteiger partial charge on any atom is -0.497 e. The van der Waals surface area contributed by atoms with Crippen LogP contribution in [0.25, 0.3) is 12.2 Å². The molecule has 0 aliphatic heterocycles. The topological polar surface area (TPSA) is 26.3 Å². The highest BCUT2D eigenvalue weighted by Crippen LogP contribution is 2.54. The van der Waals surface area contributed by atoms with Crippen LogP contribution in [0.3, 0.4) is 0 Å². The van der Waals surface area contributed by atoms with Gasteiger partial charge in [0.25, 0.3) is 0 Å². The molecule has 0 radical (unpaired) electrons. The van der Waals surface area contributed by atoms with Crippen molar-refractivity contribution >= 4 is 18.4 Å². The van der Waals surface area contributed by atoms with Crippen molar-refractivity contribution in [1.82, 2.24) is 0 Å². The Hall–Kier alpha value is -1.57. The number of aldehydes is 1. The Labute approximate surface area is 102 Å². The van der Waals surface area contributed by atoms with E-state index in [1.807, 2.05) is 32.0 Å². The Balaban J connectivity index is 0.000000514. The van der Waals surface area contributed by atoms with Gasteiger partial charge in [-0.3, -0.25) is 0 Å². The van der Waals surface area contributed by atoms with Gasteiger partial charge in [0.15, 0.2) is 0 Å². The fourth-order valence-electron chi connectivity index (χ4n) is 2.33. The first-order chi connectivity index (χ1) is 8.27. The number of carbonyl (C=O) groups excluding carboxylic acids is 1. The average Bonchev–Trinajstić information content (AvgIpc) is 3.11. The maximum Gasteiger partial charge on any atom is 0.130 e. The van der Waals surface area contributed by atoms with Crippen LogP contribution in [-0.4, -0.2) is 13.4 Å². The SMILES string of the molecule is CC.COc1ccc2c(c1)=CC1CC1(C=O)C=2. The molecule has 0 bridgehead atoms. The van der Waals surface area contributed by atoms with Crippen LogP contribution in [0.2, 0.25) is 0 Å². The summed E-state index contributed by atoms with van der Waals surface area (Å²) in [5, 5.41) is 2.34. The van der Waals surface area contributed by atoms with Gasteiger partial charge in [-0.1, -0.05) is 32.1 Å². The van der Waals surface area contributed by atoms with Crippen LogP contribution in [0.5, 0.6) is 5.75 Å². The van der Waals surface area contributed by atoms with E-state index in [9.17, 15) is 4.79 Å². The highest BCUT2D eigenvalue weighted by molar-refractivity contribution is 5.80. The maximum atomic E-state index is 11.0. The molecule has 2 nitrogen and oxygen atoms in total. The van der Waals surface area contributed by atoms with Gasteiger partial charge in [0, 0.05) is 0 Å². The summed E-state index contributed by atoms with van der Waals surface area (Å²) in [6.45, 7) is 4.00. The van der Waals surface area contributed by atoms with Gasteiger partial charge in [-0.25, -0.2) is 0 Å². The molecule has 2 atom stereocenters. The third-order valence-electron chi connectivity index (χ3n) is 3.42. The lowest BCUT2D eigenvalue weighted by Crippen LogP contribution is -2.29. The van der Waals surface area contributed by atoms with Gasteiger partial charge in [-0.2, -0.15) is 0 Å². The molecule has 90 valence electrons. The Kier molecular flexibility index (Phi) is 3.05. The molecule has 0 heterocycles. The summed E-state index contributed by atoms with van der Waals surface area (Å²) in [5.74, 6) is 1.28. The molecule has 3 rings (SSSR count). The number of ether oxygens (including phenoxy) is 1. The molecule has 1 saturated carbocycles. The summed E-state index contributed by atoms with van der Waals surface area (Å²) in [6.07, 6.45) is 6.33. The molecule has 0 saturated heterocycles. The molecule has 2 aliphatic rings. The van der Waals surface area contributed by atoms with Crippen molar-refractivity contribution in [3.8, 4) is 5.75 Å². The predicted molar refractivity (Wildman–Crippen MR) is 69.1 cm³/mol. The molecule has 0 amide bonds. The van der Waals surface area contributed by atoms with Gasteiger partial charge < -0.3 is 9.53 Å². The lowest BCUT2D eigenvalue weighted by atomic mass is 9.98. The van der Waals surface area contributed by atoms with E-state index in [0.29, 0.717) is 5.92 Å². The first kappa shape index (κ1) is 11.9. The largest absolute Gasteiger partial charge is 0.497 e. The molecule has 0 spiro atoms. The van der Waals surface area contributed by atoms with Crippen molar-refractivity contribution < 1.29 is 9.53 Å². The van der Waals surface area contributed by atoms with Crippen LogP contribution in [-0.2, 0) is 4.79 Å². The second kappa shape index (κ2) is 4.36. The molecule has 2 aliphatic carbocycles. The van der Waals surface area contributed by atoms with Gasteiger partial charge in [-0.05, 0) is 34.9 Å². The number of methoxy groups -OCH3 is 1. The number of hydrogen-bond donors (Lipinski definition) is 0. The highest BCUT2D eigenvalue weighted by Gasteiger charge is 2.52. The summed E-state index contributed by atoms with van der Waals surface area (Å²) in [6, 6.07) is 5.98. The number of carbonyl (C=O) groups is 1. The van der Waals surface area contributed by atoms with Crippen molar-refractivity contribution in [1.29, 1.82) is 0 Å². The second-order valence-electron chi connectivity index (χ2n) is 4.35. The van der Waals surface area contributed by atoms with Crippen LogP contribution < -0.4 is 15.2 Å². The number of benzene rings is 1. The Morgan fingerprint density at radius 2 is 2.12 bits per heavy atom. The zero-order valence-electron chi connectivity index (χ0n) is 10.6. The summed E-state index contributed by atoms with van der Waals surface area (Å²) >= 11 is 0. The quantitative estimate of drug-likeness (QED) is 0.720. The fourth-order valence-corrected chi connectivity index (χ4v) is 2.33. The van der Waals surface area contributed by atoms with E-state index in [1.165, 1.54) is 5.22 Å². The lowest BCUT2D eigenvalue weighted by Gasteiger charge is -2.07. The van der Waals surface area contributed by atoms with Gasteiger partial charge >= 0.3 is 0 Å². The second-order valence-corrected chi connectivity index (χ2v) is 4.35. The molecule has 0 aromatic heterocycles. The molecule has 1 aromatic carbocycles. The lowest BCUT2D eigenvalue weighted by molar-refractivity contribution is -0.110. The van der Waals surface area contributed by atoms with Crippen LogP contribution in [0.1, 0.15) is 20.3 Å². The van der Waals surface area contributed by atoms with E-state index in [2.05, 4.69) is 12.2 Å². The number of hydrogen-bond acceptors (Lipinski definition) is 2. The molecule has 2 heteroatoms. The van der Waals surface area contributed by atoms with Crippen molar-refractivity contribution in [2.45, 2.75) is 20.3 Å². The normalized spacial score (nSPS) is 27.1. The van der Waals surface area contributed by atoms with Gasteiger partial charge in [-0.15, -0.1) is 0 Å². The van der Waals surface area contributed by atoms with Crippen molar-refractivity contribution in [2.24, 2.45) is 11.3 Å². The zero-order chi connectivity index (χ0) is 12.5. The van der Waals surface area contributed by atoms with Crippen molar-refractivity contribution in [3.05, 3.63) is 28.6 Å². The first-order valence-electron chi connectivity index (χ1n) is 6.12. The Morgan fingerprint density at radius 3 is 2.76 bits per heavy atom. The van der Waals surface area contributed by atoms with Crippen molar-refractivity contribution in [3.63, 3.8) is 0 Å². The summed E-state index contributed by atoms with van der Waals surface area (Å²) < 4.78 is 5.18. The van der Waals surface area contributed by atoms with E-state index in [1.54, 1.807) is 7.11 Å². The molecular weight excluding hydrogens is 212 g/mol. The summed E-state index contributed by atoms with van der Waals surface area (Å²) in [4.78, 5) is 11.0. The standard InChI is InChI=1S/C13H12O2.C2H6/c1-15-12-3-2-9-6-13(8-14)7-11(13)4-10(9)5-12;1-2/h2-6,8,11H,7H2,1H3;1-2H3. The van der Waals surface area contributed by atoms with Crippen LogP contribution in [0.4, 0.5) is 0 Å². The highest BCUT2D eigenvalue weighted by atomic mass is 16.5. The van der Waals surface area contributed by atoms with Gasteiger partial charge in [0.1, 0.15) is 12.0 Å². The van der Waals surface area contributed by atoms with E-state index < -0.39 is 0 Å². The molecule has 1 aromatic rings. The third kappa shape index (κ3) is 1.88. The fraction of sp³-hybridized carbons (Fsp3) is 0.400. The molecule has 1 fully saturated rings.